The van der Waals surface area contributed by atoms with Gasteiger partial charge in [-0.05, 0) is 20.3 Å². The Bertz CT molecular complexity index is 344. The van der Waals surface area contributed by atoms with Crippen LogP contribution in [-0.4, -0.2) is 36.3 Å². The van der Waals surface area contributed by atoms with Crippen molar-refractivity contribution in [3.05, 3.63) is 11.9 Å². The van der Waals surface area contributed by atoms with Gasteiger partial charge in [-0.25, -0.2) is 9.97 Å². The van der Waals surface area contributed by atoms with E-state index in [0.717, 1.165) is 56.6 Å². The van der Waals surface area contributed by atoms with Crippen LogP contribution in [0.5, 0.6) is 0 Å². The maximum atomic E-state index is 5.29. The molecule has 1 rings (SSSR count). The Balaban J connectivity index is 2.50. The van der Waals surface area contributed by atoms with Gasteiger partial charge in [-0.2, -0.15) is 0 Å². The molecule has 0 spiro atoms. The minimum atomic E-state index is 0.776. The molecule has 0 saturated carbocycles. The molecule has 0 fully saturated rings. The molecule has 1 aromatic rings. The van der Waals surface area contributed by atoms with Gasteiger partial charge < -0.3 is 15.4 Å². The van der Waals surface area contributed by atoms with Gasteiger partial charge in [0.1, 0.15) is 17.5 Å². The number of hydrogen-bond donors (Lipinski definition) is 2. The monoisotopic (exact) mass is 252 g/mol. The second-order valence-electron chi connectivity index (χ2n) is 3.92. The molecule has 0 aliphatic heterocycles. The number of rotatable bonds is 9. The van der Waals surface area contributed by atoms with Gasteiger partial charge in [0.15, 0.2) is 0 Å². The van der Waals surface area contributed by atoms with Crippen LogP contribution in [-0.2, 0) is 11.2 Å². The smallest absolute Gasteiger partial charge is 0.132 e. The Kier molecular flexibility index (Phi) is 7.10. The average molecular weight is 252 g/mol. The van der Waals surface area contributed by atoms with Gasteiger partial charge in [0.25, 0.3) is 0 Å². The maximum Gasteiger partial charge on any atom is 0.132 e. The SMILES string of the molecule is CCNc1cc(NCCCOCC)nc(CC)n1. The molecule has 1 aromatic heterocycles. The summed E-state index contributed by atoms with van der Waals surface area (Å²) in [6, 6.07) is 1.95. The summed E-state index contributed by atoms with van der Waals surface area (Å²) in [7, 11) is 0. The van der Waals surface area contributed by atoms with Crippen LogP contribution in [0.1, 0.15) is 33.0 Å². The van der Waals surface area contributed by atoms with E-state index in [-0.39, 0.29) is 0 Å². The number of aromatic nitrogens is 2. The first-order valence-corrected chi connectivity index (χ1v) is 6.73. The van der Waals surface area contributed by atoms with E-state index in [0.29, 0.717) is 0 Å². The van der Waals surface area contributed by atoms with E-state index < -0.39 is 0 Å². The van der Waals surface area contributed by atoms with Crippen molar-refractivity contribution in [2.24, 2.45) is 0 Å². The lowest BCUT2D eigenvalue weighted by Gasteiger charge is -2.10. The summed E-state index contributed by atoms with van der Waals surface area (Å²) < 4.78 is 5.29. The van der Waals surface area contributed by atoms with Gasteiger partial charge in [-0.3, -0.25) is 0 Å². The molecule has 18 heavy (non-hydrogen) atoms. The first-order chi connectivity index (χ1) is 8.80. The van der Waals surface area contributed by atoms with Gasteiger partial charge in [0.2, 0.25) is 0 Å². The molecule has 5 nitrogen and oxygen atoms in total. The number of nitrogens with one attached hydrogen (secondary N) is 2. The molecule has 5 heteroatoms. The molecule has 0 atom stereocenters. The van der Waals surface area contributed by atoms with E-state index in [4.69, 9.17) is 4.74 Å². The zero-order valence-electron chi connectivity index (χ0n) is 11.6. The number of aryl methyl sites for hydroxylation is 1. The zero-order valence-corrected chi connectivity index (χ0v) is 11.6. The molecule has 0 aliphatic rings. The molecule has 102 valence electrons. The molecule has 1 heterocycles. The van der Waals surface area contributed by atoms with Crippen molar-refractivity contribution >= 4 is 11.6 Å². The van der Waals surface area contributed by atoms with Crippen molar-refractivity contribution in [1.82, 2.24) is 9.97 Å². The van der Waals surface area contributed by atoms with Crippen LogP contribution >= 0.6 is 0 Å². The minimum absolute atomic E-state index is 0.776. The van der Waals surface area contributed by atoms with Crippen LogP contribution in [0, 0.1) is 0 Å². The molecule has 0 radical (unpaired) electrons. The van der Waals surface area contributed by atoms with Gasteiger partial charge >= 0.3 is 0 Å². The Morgan fingerprint density at radius 1 is 1.11 bits per heavy atom. The molecule has 0 aromatic carbocycles. The number of hydrogen-bond acceptors (Lipinski definition) is 5. The van der Waals surface area contributed by atoms with Gasteiger partial charge in [0, 0.05) is 38.8 Å². The van der Waals surface area contributed by atoms with Crippen molar-refractivity contribution in [3.8, 4) is 0 Å². The summed E-state index contributed by atoms with van der Waals surface area (Å²) in [6.07, 6.45) is 1.82. The van der Waals surface area contributed by atoms with E-state index in [1.165, 1.54) is 0 Å². The molecular formula is C13H24N4O. The maximum absolute atomic E-state index is 5.29. The molecule has 0 aliphatic carbocycles. The van der Waals surface area contributed by atoms with Gasteiger partial charge in [0.05, 0.1) is 0 Å². The van der Waals surface area contributed by atoms with Gasteiger partial charge in [-0.1, -0.05) is 6.92 Å². The standard InChI is InChI=1S/C13H24N4O/c1-4-11-16-12(14-5-2)10-13(17-11)15-8-7-9-18-6-3/h10H,4-9H2,1-3H3,(H2,14,15,16,17). The highest BCUT2D eigenvalue weighted by Crippen LogP contribution is 2.11. The average Bonchev–Trinajstić information content (AvgIpc) is 2.38. The number of ether oxygens (including phenoxy) is 1. The lowest BCUT2D eigenvalue weighted by atomic mass is 10.4. The number of anilines is 2. The minimum Gasteiger partial charge on any atom is -0.382 e. The summed E-state index contributed by atoms with van der Waals surface area (Å²) in [5.74, 6) is 2.63. The van der Waals surface area contributed by atoms with E-state index >= 15 is 0 Å². The van der Waals surface area contributed by atoms with Crippen LogP contribution in [0.4, 0.5) is 11.6 Å². The van der Waals surface area contributed by atoms with Gasteiger partial charge in [-0.15, -0.1) is 0 Å². The highest BCUT2D eigenvalue weighted by atomic mass is 16.5. The Morgan fingerprint density at radius 3 is 2.44 bits per heavy atom. The topological polar surface area (TPSA) is 59.1 Å². The third-order valence-corrected chi connectivity index (χ3v) is 2.42. The van der Waals surface area contributed by atoms with Crippen LogP contribution in [0.3, 0.4) is 0 Å². The summed E-state index contributed by atoms with van der Waals surface area (Å²) in [5, 5.41) is 6.52. The summed E-state index contributed by atoms with van der Waals surface area (Å²) in [5.41, 5.74) is 0. The predicted octanol–water partition coefficient (Wildman–Crippen LogP) is 2.31. The van der Waals surface area contributed by atoms with Crippen LogP contribution in [0.25, 0.3) is 0 Å². The zero-order chi connectivity index (χ0) is 13.2. The molecule has 0 amide bonds. The van der Waals surface area contributed by atoms with Crippen molar-refractivity contribution in [2.75, 3.05) is 36.9 Å². The first kappa shape index (κ1) is 14.7. The fourth-order valence-electron chi connectivity index (χ4n) is 1.55. The highest BCUT2D eigenvalue weighted by Gasteiger charge is 2.02. The van der Waals surface area contributed by atoms with Crippen LogP contribution in [0.2, 0.25) is 0 Å². The summed E-state index contributed by atoms with van der Waals surface area (Å²) in [4.78, 5) is 8.86. The largest absolute Gasteiger partial charge is 0.382 e. The normalized spacial score (nSPS) is 10.4. The third kappa shape index (κ3) is 5.31. The second kappa shape index (κ2) is 8.69. The molecule has 0 saturated heterocycles. The van der Waals surface area contributed by atoms with Crippen molar-refractivity contribution < 1.29 is 4.74 Å². The third-order valence-electron chi connectivity index (χ3n) is 2.42. The molecular weight excluding hydrogens is 228 g/mol. The number of nitrogens with zero attached hydrogens (tertiary/aromatic N) is 2. The Hall–Kier alpha value is -1.36. The van der Waals surface area contributed by atoms with Crippen LogP contribution < -0.4 is 10.6 Å². The first-order valence-electron chi connectivity index (χ1n) is 6.73. The van der Waals surface area contributed by atoms with E-state index in [9.17, 15) is 0 Å². The van der Waals surface area contributed by atoms with E-state index in [1.54, 1.807) is 0 Å². The quantitative estimate of drug-likeness (QED) is 0.660. The van der Waals surface area contributed by atoms with Crippen LogP contribution in [0.15, 0.2) is 6.07 Å². The van der Waals surface area contributed by atoms with Crippen molar-refractivity contribution in [2.45, 2.75) is 33.6 Å². The van der Waals surface area contributed by atoms with Crippen molar-refractivity contribution in [3.63, 3.8) is 0 Å². The van der Waals surface area contributed by atoms with E-state index in [2.05, 4.69) is 34.4 Å². The van der Waals surface area contributed by atoms with Crippen molar-refractivity contribution in [1.29, 1.82) is 0 Å². The Labute approximate surface area is 109 Å². The molecule has 0 unspecified atom stereocenters. The fraction of sp³-hybridized carbons (Fsp3) is 0.692. The fourth-order valence-corrected chi connectivity index (χ4v) is 1.55. The van der Waals surface area contributed by atoms with E-state index in [1.807, 2.05) is 13.0 Å². The summed E-state index contributed by atoms with van der Waals surface area (Å²) >= 11 is 0. The second-order valence-corrected chi connectivity index (χ2v) is 3.92. The predicted molar refractivity (Wildman–Crippen MR) is 75.2 cm³/mol. The lowest BCUT2D eigenvalue weighted by molar-refractivity contribution is 0.147. The summed E-state index contributed by atoms with van der Waals surface area (Å²) in [6.45, 7) is 9.42. The lowest BCUT2D eigenvalue weighted by Crippen LogP contribution is -2.10. The Morgan fingerprint density at radius 2 is 1.83 bits per heavy atom. The molecule has 2 N–H and O–H groups in total. The highest BCUT2D eigenvalue weighted by molar-refractivity contribution is 5.47. The molecule has 0 bridgehead atoms.